The maximum absolute atomic E-state index is 13.6. The Bertz CT molecular complexity index is 1380. The summed E-state index contributed by atoms with van der Waals surface area (Å²) in [6.45, 7) is 1.19. The van der Waals surface area contributed by atoms with Gasteiger partial charge in [0.1, 0.15) is 12.0 Å². The number of amides is 2. The SMILES string of the molecule is COC(=O)[C@@H]1CCCN1C(=O)[C@@H](CNS(=O)(=O)c1ccc2ccccc2c1)C(=O)NC[C@@H]1CCCN(C(=N)N)C1. The molecule has 13 heteroatoms. The maximum Gasteiger partial charge on any atom is 0.328 e. The highest BCUT2D eigenvalue weighted by molar-refractivity contribution is 7.89. The Labute approximate surface area is 233 Å². The van der Waals surface area contributed by atoms with Crippen LogP contribution in [0.3, 0.4) is 0 Å². The summed E-state index contributed by atoms with van der Waals surface area (Å²) in [5, 5.41) is 12.1. The van der Waals surface area contributed by atoms with Gasteiger partial charge in [0.25, 0.3) is 0 Å². The number of methoxy groups -OCH3 is 1. The van der Waals surface area contributed by atoms with Crippen LogP contribution < -0.4 is 15.8 Å². The number of hydrogen-bond donors (Lipinski definition) is 4. The molecule has 2 aromatic rings. The molecule has 216 valence electrons. The lowest BCUT2D eigenvalue weighted by atomic mass is 9.97. The topological polar surface area (TPSA) is 175 Å². The van der Waals surface area contributed by atoms with Crippen molar-refractivity contribution >= 4 is 44.5 Å². The molecule has 12 nitrogen and oxygen atoms in total. The molecule has 4 rings (SSSR count). The van der Waals surface area contributed by atoms with Crippen molar-refractivity contribution in [2.75, 3.05) is 39.8 Å². The Morgan fingerprint density at radius 2 is 1.82 bits per heavy atom. The first kappa shape index (κ1) is 29.3. The van der Waals surface area contributed by atoms with Crippen LogP contribution in [0.4, 0.5) is 0 Å². The molecule has 2 aliphatic rings. The number of carbonyl (C=O) groups excluding carboxylic acids is 3. The normalized spacial score (nSPS) is 20.2. The van der Waals surface area contributed by atoms with E-state index in [1.165, 1.54) is 24.1 Å². The molecule has 0 saturated carbocycles. The number of nitrogens with zero attached hydrogens (tertiary/aromatic N) is 2. The minimum atomic E-state index is -4.06. The third kappa shape index (κ3) is 6.70. The fourth-order valence-corrected chi connectivity index (χ4v) is 6.42. The fourth-order valence-electron chi connectivity index (χ4n) is 5.33. The predicted molar refractivity (Wildman–Crippen MR) is 149 cm³/mol. The number of ether oxygens (including phenoxy) is 1. The molecule has 2 amide bonds. The number of sulfonamides is 1. The summed E-state index contributed by atoms with van der Waals surface area (Å²) in [6, 6.07) is 11.2. The summed E-state index contributed by atoms with van der Waals surface area (Å²) in [5.74, 6) is -3.26. The molecule has 2 aromatic carbocycles. The number of piperidine rings is 1. The van der Waals surface area contributed by atoms with E-state index in [2.05, 4.69) is 10.0 Å². The van der Waals surface area contributed by atoms with E-state index in [4.69, 9.17) is 15.9 Å². The molecule has 40 heavy (non-hydrogen) atoms. The van der Waals surface area contributed by atoms with Crippen molar-refractivity contribution in [3.63, 3.8) is 0 Å². The molecule has 0 unspecified atom stereocenters. The highest BCUT2D eigenvalue weighted by Crippen LogP contribution is 2.23. The molecule has 3 atom stereocenters. The van der Waals surface area contributed by atoms with Crippen LogP contribution in [0, 0.1) is 17.2 Å². The van der Waals surface area contributed by atoms with E-state index in [-0.39, 0.29) is 29.9 Å². The molecule has 2 aliphatic heterocycles. The summed E-state index contributed by atoms with van der Waals surface area (Å²) >= 11 is 0. The number of carbonyl (C=O) groups is 3. The van der Waals surface area contributed by atoms with Crippen molar-refractivity contribution in [3.8, 4) is 0 Å². The number of esters is 1. The van der Waals surface area contributed by atoms with Gasteiger partial charge in [0, 0.05) is 32.7 Å². The first-order valence-corrected chi connectivity index (χ1v) is 14.8. The van der Waals surface area contributed by atoms with Gasteiger partial charge in [-0.1, -0.05) is 30.3 Å². The van der Waals surface area contributed by atoms with E-state index in [0.717, 1.165) is 23.6 Å². The molecule has 5 N–H and O–H groups in total. The van der Waals surface area contributed by atoms with E-state index >= 15 is 0 Å². The second-order valence-corrected chi connectivity index (χ2v) is 12.0. The van der Waals surface area contributed by atoms with E-state index < -0.39 is 46.3 Å². The molecular formula is C27H36N6O6S. The smallest absolute Gasteiger partial charge is 0.328 e. The highest BCUT2D eigenvalue weighted by atomic mass is 32.2. The van der Waals surface area contributed by atoms with Gasteiger partial charge in [0.15, 0.2) is 5.96 Å². The van der Waals surface area contributed by atoms with Gasteiger partial charge in [0.2, 0.25) is 21.8 Å². The fraction of sp³-hybridized carbons (Fsp3) is 0.481. The lowest BCUT2D eigenvalue weighted by Crippen LogP contribution is -2.52. The Balaban J connectivity index is 1.51. The van der Waals surface area contributed by atoms with Crippen molar-refractivity contribution in [3.05, 3.63) is 42.5 Å². The minimum Gasteiger partial charge on any atom is -0.467 e. The summed E-state index contributed by atoms with van der Waals surface area (Å²) in [7, 11) is -2.82. The van der Waals surface area contributed by atoms with Gasteiger partial charge in [-0.25, -0.2) is 17.9 Å². The second kappa shape index (κ2) is 12.6. The number of nitrogens with one attached hydrogen (secondary N) is 3. The van der Waals surface area contributed by atoms with Crippen LogP contribution in [0.5, 0.6) is 0 Å². The van der Waals surface area contributed by atoms with Gasteiger partial charge in [-0.2, -0.15) is 0 Å². The van der Waals surface area contributed by atoms with Crippen molar-refractivity contribution in [2.24, 2.45) is 17.6 Å². The Kier molecular flexibility index (Phi) is 9.25. The molecule has 0 spiro atoms. The molecule has 0 aromatic heterocycles. The summed E-state index contributed by atoms with van der Waals surface area (Å²) in [4.78, 5) is 42.3. The Morgan fingerprint density at radius 1 is 1.10 bits per heavy atom. The quantitative estimate of drug-likeness (QED) is 0.146. The Morgan fingerprint density at radius 3 is 2.55 bits per heavy atom. The van der Waals surface area contributed by atoms with E-state index in [1.807, 2.05) is 12.1 Å². The van der Waals surface area contributed by atoms with E-state index in [1.54, 1.807) is 23.1 Å². The van der Waals surface area contributed by atoms with E-state index in [9.17, 15) is 22.8 Å². The first-order chi connectivity index (χ1) is 19.1. The van der Waals surface area contributed by atoms with Gasteiger partial charge in [-0.3, -0.25) is 15.0 Å². The van der Waals surface area contributed by atoms with Crippen LogP contribution >= 0.6 is 0 Å². The minimum absolute atomic E-state index is 0.0120. The third-order valence-electron chi connectivity index (χ3n) is 7.56. The van der Waals surface area contributed by atoms with Crippen LogP contribution in [0.2, 0.25) is 0 Å². The zero-order chi connectivity index (χ0) is 28.9. The van der Waals surface area contributed by atoms with Crippen LogP contribution in [0.15, 0.2) is 47.4 Å². The van der Waals surface area contributed by atoms with Crippen LogP contribution in [-0.2, 0) is 29.1 Å². The van der Waals surface area contributed by atoms with Gasteiger partial charge in [-0.05, 0) is 54.5 Å². The molecule has 0 aliphatic carbocycles. The van der Waals surface area contributed by atoms with Crippen molar-refractivity contribution in [2.45, 2.75) is 36.6 Å². The second-order valence-electron chi connectivity index (χ2n) is 10.2. The van der Waals surface area contributed by atoms with Gasteiger partial charge in [0.05, 0.1) is 12.0 Å². The van der Waals surface area contributed by atoms with Gasteiger partial charge >= 0.3 is 5.97 Å². The zero-order valence-electron chi connectivity index (χ0n) is 22.5. The standard InChI is InChI=1S/C27H36N6O6S/c1-39-26(36)23-9-5-13-33(23)25(35)22(24(34)30-15-18-6-4-12-32(17-18)27(28)29)16-31-40(37,38)21-11-10-19-7-2-3-8-20(19)14-21/h2-3,7-8,10-11,14,18,22-23,31H,4-6,9,12-13,15-17H2,1H3,(H3,28,29)(H,30,34)/t18-,22-,23-/m0/s1. The number of nitrogens with two attached hydrogens (primary N) is 1. The van der Waals surface area contributed by atoms with Crippen molar-refractivity contribution in [1.82, 2.24) is 19.8 Å². The number of benzene rings is 2. The number of fused-ring (bicyclic) bond motifs is 1. The predicted octanol–water partition coefficient (Wildman–Crippen LogP) is 0.620. The largest absolute Gasteiger partial charge is 0.467 e. The highest BCUT2D eigenvalue weighted by Gasteiger charge is 2.40. The summed E-state index contributed by atoms with van der Waals surface area (Å²) < 4.78 is 33.7. The lowest BCUT2D eigenvalue weighted by molar-refractivity contribution is -0.154. The lowest BCUT2D eigenvalue weighted by Gasteiger charge is -2.33. The van der Waals surface area contributed by atoms with Crippen molar-refractivity contribution < 1.29 is 27.5 Å². The maximum atomic E-state index is 13.6. The zero-order valence-corrected chi connectivity index (χ0v) is 23.3. The van der Waals surface area contributed by atoms with Crippen LogP contribution in [0.25, 0.3) is 10.8 Å². The molecular weight excluding hydrogens is 536 g/mol. The number of rotatable bonds is 9. The Hall–Kier alpha value is -3.71. The van der Waals surface area contributed by atoms with E-state index in [0.29, 0.717) is 25.9 Å². The molecule has 0 bridgehead atoms. The van der Waals surface area contributed by atoms with Crippen LogP contribution in [0.1, 0.15) is 25.7 Å². The first-order valence-electron chi connectivity index (χ1n) is 13.3. The molecule has 2 saturated heterocycles. The number of hydrogen-bond acceptors (Lipinski definition) is 7. The summed E-state index contributed by atoms with van der Waals surface area (Å²) in [5.41, 5.74) is 5.62. The average Bonchev–Trinajstić information content (AvgIpc) is 3.45. The average molecular weight is 573 g/mol. The molecule has 2 heterocycles. The molecule has 2 fully saturated rings. The monoisotopic (exact) mass is 572 g/mol. The number of likely N-dealkylation sites (tertiary alicyclic amines) is 2. The van der Waals surface area contributed by atoms with Gasteiger partial charge in [-0.15, -0.1) is 0 Å². The number of guanidine groups is 1. The molecule has 0 radical (unpaired) electrons. The van der Waals surface area contributed by atoms with Crippen molar-refractivity contribution in [1.29, 1.82) is 5.41 Å². The van der Waals surface area contributed by atoms with Crippen LogP contribution in [-0.4, -0.2) is 87.8 Å². The summed E-state index contributed by atoms with van der Waals surface area (Å²) in [6.07, 6.45) is 2.58. The van der Waals surface area contributed by atoms with Gasteiger partial charge < -0.3 is 25.6 Å². The third-order valence-corrected chi connectivity index (χ3v) is 8.98.